The minimum atomic E-state index is -0.921. The second-order valence-electron chi connectivity index (χ2n) is 3.32. The number of carbonyl (C=O) groups is 1. The summed E-state index contributed by atoms with van der Waals surface area (Å²) >= 11 is 3.32. The summed E-state index contributed by atoms with van der Waals surface area (Å²) in [7, 11) is 0. The molecule has 0 saturated carbocycles. The van der Waals surface area contributed by atoms with Gasteiger partial charge in [-0.2, -0.15) is 0 Å². The van der Waals surface area contributed by atoms with Crippen molar-refractivity contribution >= 4 is 21.9 Å². The molecule has 0 aromatic heterocycles. The van der Waals surface area contributed by atoms with E-state index in [1.54, 1.807) is 12.1 Å². The number of benzene rings is 1. The molecule has 0 aliphatic rings. The first-order valence-corrected chi connectivity index (χ1v) is 5.73. The lowest BCUT2D eigenvalue weighted by atomic mass is 10.0. The quantitative estimate of drug-likeness (QED) is 0.872. The van der Waals surface area contributed by atoms with Crippen LogP contribution in [0.4, 0.5) is 0 Å². The van der Waals surface area contributed by atoms with Crippen LogP contribution in [-0.2, 0) is 4.79 Å². The van der Waals surface area contributed by atoms with Gasteiger partial charge >= 0.3 is 5.97 Å². The van der Waals surface area contributed by atoms with Crippen LogP contribution in [0.3, 0.4) is 0 Å². The SMILES string of the molecule is CCOc1ccc(Br)cc1C(N)CC(=O)O. The van der Waals surface area contributed by atoms with Gasteiger partial charge in [0.2, 0.25) is 0 Å². The largest absolute Gasteiger partial charge is 0.494 e. The summed E-state index contributed by atoms with van der Waals surface area (Å²) in [5, 5.41) is 8.70. The molecule has 88 valence electrons. The first-order chi connectivity index (χ1) is 7.54. The van der Waals surface area contributed by atoms with Gasteiger partial charge in [0.05, 0.1) is 13.0 Å². The molecule has 4 nitrogen and oxygen atoms in total. The number of aliphatic carboxylic acids is 1. The molecule has 0 aliphatic heterocycles. The number of nitrogens with two attached hydrogens (primary N) is 1. The monoisotopic (exact) mass is 287 g/mol. The maximum absolute atomic E-state index is 10.6. The molecule has 1 aromatic carbocycles. The highest BCUT2D eigenvalue weighted by molar-refractivity contribution is 9.10. The molecule has 16 heavy (non-hydrogen) atoms. The molecule has 5 heteroatoms. The van der Waals surface area contributed by atoms with Gasteiger partial charge in [-0.15, -0.1) is 0 Å². The molecular weight excluding hydrogens is 274 g/mol. The third kappa shape index (κ3) is 3.50. The predicted molar refractivity (Wildman–Crippen MR) is 64.5 cm³/mol. The van der Waals surface area contributed by atoms with Gasteiger partial charge in [-0.3, -0.25) is 4.79 Å². The van der Waals surface area contributed by atoms with Crippen molar-refractivity contribution in [3.05, 3.63) is 28.2 Å². The van der Waals surface area contributed by atoms with Crippen LogP contribution in [0.1, 0.15) is 24.9 Å². The fourth-order valence-electron chi connectivity index (χ4n) is 1.39. The Morgan fingerprint density at radius 1 is 1.62 bits per heavy atom. The third-order valence-electron chi connectivity index (χ3n) is 2.07. The number of hydrogen-bond acceptors (Lipinski definition) is 3. The average molecular weight is 288 g/mol. The van der Waals surface area contributed by atoms with E-state index in [9.17, 15) is 4.79 Å². The summed E-state index contributed by atoms with van der Waals surface area (Å²) in [4.78, 5) is 10.6. The fourth-order valence-corrected chi connectivity index (χ4v) is 1.77. The highest BCUT2D eigenvalue weighted by atomic mass is 79.9. The standard InChI is InChI=1S/C11H14BrNO3/c1-2-16-10-4-3-7(12)5-8(10)9(13)6-11(14)15/h3-5,9H,2,6,13H2,1H3,(H,14,15). The number of carboxylic acids is 1. The molecule has 1 rings (SSSR count). The van der Waals surface area contributed by atoms with Crippen molar-refractivity contribution in [1.82, 2.24) is 0 Å². The van der Waals surface area contributed by atoms with Gasteiger partial charge in [-0.25, -0.2) is 0 Å². The van der Waals surface area contributed by atoms with Crippen LogP contribution in [0.25, 0.3) is 0 Å². The summed E-state index contributed by atoms with van der Waals surface area (Å²) in [5.74, 6) is -0.283. The molecule has 0 radical (unpaired) electrons. The van der Waals surface area contributed by atoms with Crippen LogP contribution in [0.2, 0.25) is 0 Å². The van der Waals surface area contributed by atoms with Crippen LogP contribution in [0.5, 0.6) is 5.75 Å². The van der Waals surface area contributed by atoms with E-state index in [1.807, 2.05) is 13.0 Å². The van der Waals surface area contributed by atoms with Crippen molar-refractivity contribution in [2.45, 2.75) is 19.4 Å². The van der Waals surface area contributed by atoms with Gasteiger partial charge in [0.15, 0.2) is 0 Å². The molecule has 0 amide bonds. The van der Waals surface area contributed by atoms with Crippen LogP contribution in [-0.4, -0.2) is 17.7 Å². The minimum Gasteiger partial charge on any atom is -0.494 e. The topological polar surface area (TPSA) is 72.5 Å². The molecule has 3 N–H and O–H groups in total. The van der Waals surface area contributed by atoms with E-state index in [-0.39, 0.29) is 6.42 Å². The molecule has 0 aliphatic carbocycles. The van der Waals surface area contributed by atoms with Crippen molar-refractivity contribution in [3.63, 3.8) is 0 Å². The van der Waals surface area contributed by atoms with Crippen molar-refractivity contribution in [2.24, 2.45) is 5.73 Å². The Hall–Kier alpha value is -1.07. The highest BCUT2D eigenvalue weighted by Crippen LogP contribution is 2.29. The Bertz CT molecular complexity index is 381. The third-order valence-corrected chi connectivity index (χ3v) is 2.56. The lowest BCUT2D eigenvalue weighted by molar-refractivity contribution is -0.137. The number of rotatable bonds is 5. The maximum Gasteiger partial charge on any atom is 0.305 e. The van der Waals surface area contributed by atoms with E-state index >= 15 is 0 Å². The molecular formula is C11H14BrNO3. The van der Waals surface area contributed by atoms with Gasteiger partial charge in [0.25, 0.3) is 0 Å². The predicted octanol–water partition coefficient (Wildman–Crippen LogP) is 2.32. The summed E-state index contributed by atoms with van der Waals surface area (Å²) in [6.07, 6.45) is -0.115. The molecule has 0 fully saturated rings. The zero-order valence-electron chi connectivity index (χ0n) is 8.94. The normalized spacial score (nSPS) is 12.2. The minimum absolute atomic E-state index is 0.115. The number of hydrogen-bond donors (Lipinski definition) is 2. The zero-order chi connectivity index (χ0) is 12.1. The Morgan fingerprint density at radius 2 is 2.31 bits per heavy atom. The van der Waals surface area contributed by atoms with Crippen molar-refractivity contribution < 1.29 is 14.6 Å². The van der Waals surface area contributed by atoms with Gasteiger partial charge in [0.1, 0.15) is 5.75 Å². The van der Waals surface area contributed by atoms with Gasteiger partial charge < -0.3 is 15.6 Å². The molecule has 0 bridgehead atoms. The van der Waals surface area contributed by atoms with Crippen LogP contribution in [0.15, 0.2) is 22.7 Å². The van der Waals surface area contributed by atoms with Crippen molar-refractivity contribution in [1.29, 1.82) is 0 Å². The summed E-state index contributed by atoms with van der Waals surface area (Å²) in [6, 6.07) is 4.85. The Morgan fingerprint density at radius 3 is 2.88 bits per heavy atom. The summed E-state index contributed by atoms with van der Waals surface area (Å²) in [5.41, 5.74) is 6.52. The molecule has 0 spiro atoms. The average Bonchev–Trinajstić information content (AvgIpc) is 2.20. The highest BCUT2D eigenvalue weighted by Gasteiger charge is 2.15. The van der Waals surface area contributed by atoms with E-state index < -0.39 is 12.0 Å². The Labute approximate surface area is 103 Å². The van der Waals surface area contributed by atoms with Crippen molar-refractivity contribution in [2.75, 3.05) is 6.61 Å². The second-order valence-corrected chi connectivity index (χ2v) is 4.24. The van der Waals surface area contributed by atoms with E-state index in [2.05, 4.69) is 15.9 Å². The van der Waals surface area contributed by atoms with Crippen LogP contribution < -0.4 is 10.5 Å². The number of carboxylic acid groups (broad SMARTS) is 1. The maximum atomic E-state index is 10.6. The molecule has 1 unspecified atom stereocenters. The first kappa shape index (κ1) is 13.0. The molecule has 1 atom stereocenters. The Balaban J connectivity index is 2.98. The Kier molecular flexibility index (Phi) is 4.76. The lowest BCUT2D eigenvalue weighted by Gasteiger charge is -2.15. The smallest absolute Gasteiger partial charge is 0.305 e. The first-order valence-electron chi connectivity index (χ1n) is 4.94. The van der Waals surface area contributed by atoms with E-state index in [0.717, 1.165) is 4.47 Å². The molecule has 0 saturated heterocycles. The van der Waals surface area contributed by atoms with Crippen molar-refractivity contribution in [3.8, 4) is 5.75 Å². The summed E-state index contributed by atoms with van der Waals surface area (Å²) in [6.45, 7) is 2.39. The molecule has 1 aromatic rings. The number of halogens is 1. The summed E-state index contributed by atoms with van der Waals surface area (Å²) < 4.78 is 6.25. The number of ether oxygens (including phenoxy) is 1. The lowest BCUT2D eigenvalue weighted by Crippen LogP contribution is -2.16. The van der Waals surface area contributed by atoms with Gasteiger partial charge in [0, 0.05) is 16.1 Å². The van der Waals surface area contributed by atoms with Crippen LogP contribution >= 0.6 is 15.9 Å². The fraction of sp³-hybridized carbons (Fsp3) is 0.364. The second kappa shape index (κ2) is 5.86. The van der Waals surface area contributed by atoms with Gasteiger partial charge in [-0.05, 0) is 25.1 Å². The molecule has 0 heterocycles. The van der Waals surface area contributed by atoms with Crippen LogP contribution in [0, 0.1) is 0 Å². The van der Waals surface area contributed by atoms with E-state index in [4.69, 9.17) is 15.6 Å². The van der Waals surface area contributed by atoms with E-state index in [0.29, 0.717) is 17.9 Å². The zero-order valence-corrected chi connectivity index (χ0v) is 10.5. The van der Waals surface area contributed by atoms with Gasteiger partial charge in [-0.1, -0.05) is 15.9 Å². The van der Waals surface area contributed by atoms with E-state index in [1.165, 1.54) is 0 Å².